The van der Waals surface area contributed by atoms with E-state index < -0.39 is 0 Å². The average molecular weight is 387 g/mol. The number of ether oxygens (including phenoxy) is 2. The minimum absolute atomic E-state index is 0.0326. The Morgan fingerprint density at radius 2 is 2.04 bits per heavy atom. The van der Waals surface area contributed by atoms with Crippen LogP contribution in [0.25, 0.3) is 0 Å². The molecule has 0 aromatic heterocycles. The fraction of sp³-hybridized carbons (Fsp3) is 0.300. The van der Waals surface area contributed by atoms with Gasteiger partial charge in [-0.15, -0.1) is 0 Å². The van der Waals surface area contributed by atoms with Crippen molar-refractivity contribution >= 4 is 29.1 Å². The van der Waals surface area contributed by atoms with E-state index in [1.54, 1.807) is 17.0 Å². The van der Waals surface area contributed by atoms with Crippen molar-refractivity contribution in [1.82, 2.24) is 4.90 Å². The summed E-state index contributed by atoms with van der Waals surface area (Å²) < 4.78 is 10.7. The number of fused-ring (bicyclic) bond motifs is 1. The van der Waals surface area contributed by atoms with Crippen LogP contribution >= 0.6 is 11.6 Å². The number of amides is 2. The van der Waals surface area contributed by atoms with E-state index in [0.717, 1.165) is 11.1 Å². The normalized spacial score (nSPS) is 18.1. The highest BCUT2D eigenvalue weighted by atomic mass is 35.5. The quantitative estimate of drug-likeness (QED) is 0.874. The van der Waals surface area contributed by atoms with Crippen LogP contribution in [-0.4, -0.2) is 30.1 Å². The molecule has 1 saturated heterocycles. The first-order valence-corrected chi connectivity index (χ1v) is 9.11. The van der Waals surface area contributed by atoms with Crippen molar-refractivity contribution in [2.24, 2.45) is 5.92 Å². The number of hydrogen-bond donors (Lipinski definition) is 1. The summed E-state index contributed by atoms with van der Waals surface area (Å²) >= 11 is 6.10. The summed E-state index contributed by atoms with van der Waals surface area (Å²) in [5.74, 6) is 0.808. The average Bonchev–Trinajstić information content (AvgIpc) is 3.25. The van der Waals surface area contributed by atoms with E-state index in [1.165, 1.54) is 0 Å². The molecule has 1 unspecified atom stereocenters. The van der Waals surface area contributed by atoms with Gasteiger partial charge in [0.15, 0.2) is 11.5 Å². The summed E-state index contributed by atoms with van der Waals surface area (Å²) in [6.07, 6.45) is 0.204. The number of carbonyl (C=O) groups is 2. The maximum Gasteiger partial charge on any atom is 0.231 e. The molecule has 1 N–H and O–H groups in total. The Bertz CT molecular complexity index is 915. The molecule has 2 aliphatic heterocycles. The van der Waals surface area contributed by atoms with Gasteiger partial charge in [-0.25, -0.2) is 0 Å². The summed E-state index contributed by atoms with van der Waals surface area (Å²) in [7, 11) is 0. The van der Waals surface area contributed by atoms with Gasteiger partial charge >= 0.3 is 0 Å². The van der Waals surface area contributed by atoms with E-state index >= 15 is 0 Å². The van der Waals surface area contributed by atoms with Gasteiger partial charge in [-0.1, -0.05) is 23.7 Å². The highest BCUT2D eigenvalue weighted by Gasteiger charge is 2.34. The molecule has 2 amide bonds. The summed E-state index contributed by atoms with van der Waals surface area (Å²) in [4.78, 5) is 26.6. The van der Waals surface area contributed by atoms with Gasteiger partial charge in [-0.2, -0.15) is 0 Å². The van der Waals surface area contributed by atoms with Crippen molar-refractivity contribution in [1.29, 1.82) is 0 Å². The van der Waals surface area contributed by atoms with Gasteiger partial charge in [0.05, 0.1) is 5.92 Å². The number of carbonyl (C=O) groups excluding carboxylic acids is 2. The molecule has 2 heterocycles. The molecular weight excluding hydrogens is 368 g/mol. The van der Waals surface area contributed by atoms with Gasteiger partial charge in [0, 0.05) is 30.2 Å². The van der Waals surface area contributed by atoms with Crippen LogP contribution in [-0.2, 0) is 16.1 Å². The Morgan fingerprint density at radius 1 is 1.22 bits per heavy atom. The largest absolute Gasteiger partial charge is 0.454 e. The second-order valence-corrected chi connectivity index (χ2v) is 7.22. The number of nitrogens with zero attached hydrogens (tertiary/aromatic N) is 1. The zero-order valence-electron chi connectivity index (χ0n) is 14.8. The first kappa shape index (κ1) is 17.7. The van der Waals surface area contributed by atoms with E-state index in [2.05, 4.69) is 5.32 Å². The predicted octanol–water partition coefficient (Wildman–Crippen LogP) is 3.36. The van der Waals surface area contributed by atoms with Gasteiger partial charge in [-0.3, -0.25) is 9.59 Å². The Hall–Kier alpha value is -2.73. The van der Waals surface area contributed by atoms with E-state index in [9.17, 15) is 9.59 Å². The van der Waals surface area contributed by atoms with Crippen molar-refractivity contribution in [3.05, 3.63) is 52.5 Å². The van der Waals surface area contributed by atoms with Crippen molar-refractivity contribution < 1.29 is 19.1 Å². The molecule has 7 heteroatoms. The lowest BCUT2D eigenvalue weighted by molar-refractivity contribution is -0.128. The minimum Gasteiger partial charge on any atom is -0.454 e. The topological polar surface area (TPSA) is 67.9 Å². The smallest absolute Gasteiger partial charge is 0.231 e. The van der Waals surface area contributed by atoms with Crippen LogP contribution in [0.1, 0.15) is 17.5 Å². The van der Waals surface area contributed by atoms with Crippen LogP contribution in [0.5, 0.6) is 11.5 Å². The third kappa shape index (κ3) is 3.71. The Morgan fingerprint density at radius 3 is 2.85 bits per heavy atom. The highest BCUT2D eigenvalue weighted by Crippen LogP contribution is 2.33. The van der Waals surface area contributed by atoms with Crippen LogP contribution in [0.15, 0.2) is 36.4 Å². The molecule has 2 aromatic carbocycles. The van der Waals surface area contributed by atoms with E-state index in [1.807, 2.05) is 31.2 Å². The molecule has 2 aliphatic rings. The minimum atomic E-state index is -0.383. The lowest BCUT2D eigenvalue weighted by Gasteiger charge is -2.17. The number of likely N-dealkylation sites (tertiary alicyclic amines) is 1. The maximum absolute atomic E-state index is 12.5. The van der Waals surface area contributed by atoms with Gasteiger partial charge in [0.1, 0.15) is 0 Å². The Kier molecular flexibility index (Phi) is 4.66. The third-order valence-corrected chi connectivity index (χ3v) is 5.24. The molecular formula is C20H19ClN2O4. The van der Waals surface area contributed by atoms with Crippen LogP contribution in [0, 0.1) is 12.8 Å². The monoisotopic (exact) mass is 386 g/mol. The molecule has 4 rings (SSSR count). The molecule has 140 valence electrons. The Labute approximate surface area is 162 Å². The lowest BCUT2D eigenvalue weighted by Crippen LogP contribution is -2.28. The van der Waals surface area contributed by atoms with Crippen molar-refractivity contribution in [3.8, 4) is 11.5 Å². The third-order valence-electron chi connectivity index (χ3n) is 4.84. The second kappa shape index (κ2) is 7.12. The molecule has 1 atom stereocenters. The Balaban J connectivity index is 1.39. The summed E-state index contributed by atoms with van der Waals surface area (Å²) in [5.41, 5.74) is 2.52. The maximum atomic E-state index is 12.5. The first-order valence-electron chi connectivity index (χ1n) is 8.73. The van der Waals surface area contributed by atoms with E-state index in [0.29, 0.717) is 35.3 Å². The predicted molar refractivity (Wildman–Crippen MR) is 101 cm³/mol. The molecule has 0 radical (unpaired) electrons. The number of benzene rings is 2. The molecule has 0 saturated carbocycles. The first-order chi connectivity index (χ1) is 13.0. The molecule has 6 nitrogen and oxygen atoms in total. The number of anilines is 1. The van der Waals surface area contributed by atoms with Gasteiger partial charge in [0.2, 0.25) is 18.6 Å². The fourth-order valence-electron chi connectivity index (χ4n) is 3.28. The van der Waals surface area contributed by atoms with Crippen molar-refractivity contribution in [2.45, 2.75) is 19.9 Å². The number of hydrogen-bond acceptors (Lipinski definition) is 4. The standard InChI is InChI=1S/C20H19ClN2O4/c1-12-2-4-15(8-16(12)21)22-20(25)14-7-19(24)23(10-14)9-13-3-5-17-18(6-13)27-11-26-17/h2-6,8,14H,7,9-11H2,1H3,(H,22,25). The summed E-state index contributed by atoms with van der Waals surface area (Å²) in [6.45, 7) is 2.94. The number of halogens is 1. The van der Waals surface area contributed by atoms with Gasteiger partial charge in [-0.05, 0) is 42.3 Å². The summed E-state index contributed by atoms with van der Waals surface area (Å²) in [5, 5.41) is 3.45. The summed E-state index contributed by atoms with van der Waals surface area (Å²) in [6, 6.07) is 11.0. The molecule has 2 aromatic rings. The number of aryl methyl sites for hydroxylation is 1. The highest BCUT2D eigenvalue weighted by molar-refractivity contribution is 6.31. The molecule has 0 bridgehead atoms. The number of nitrogens with one attached hydrogen (secondary N) is 1. The van der Waals surface area contributed by atoms with Crippen molar-refractivity contribution in [2.75, 3.05) is 18.7 Å². The van der Waals surface area contributed by atoms with Crippen LogP contribution in [0.3, 0.4) is 0 Å². The fourth-order valence-corrected chi connectivity index (χ4v) is 3.46. The lowest BCUT2D eigenvalue weighted by atomic mass is 10.1. The zero-order valence-corrected chi connectivity index (χ0v) is 15.6. The van der Waals surface area contributed by atoms with E-state index in [4.69, 9.17) is 21.1 Å². The SMILES string of the molecule is Cc1ccc(NC(=O)C2CC(=O)N(Cc3ccc4c(c3)OCO4)C2)cc1Cl. The van der Waals surface area contributed by atoms with Crippen molar-refractivity contribution in [3.63, 3.8) is 0 Å². The van der Waals surface area contributed by atoms with Crippen LogP contribution < -0.4 is 14.8 Å². The van der Waals surface area contributed by atoms with Crippen LogP contribution in [0.4, 0.5) is 5.69 Å². The molecule has 1 fully saturated rings. The van der Waals surface area contributed by atoms with Gasteiger partial charge in [0.25, 0.3) is 0 Å². The number of rotatable bonds is 4. The second-order valence-electron chi connectivity index (χ2n) is 6.82. The molecule has 27 heavy (non-hydrogen) atoms. The van der Waals surface area contributed by atoms with E-state index in [-0.39, 0.29) is 30.9 Å². The molecule has 0 aliphatic carbocycles. The zero-order chi connectivity index (χ0) is 19.0. The van der Waals surface area contributed by atoms with Gasteiger partial charge < -0.3 is 19.7 Å². The molecule has 0 spiro atoms. The van der Waals surface area contributed by atoms with Crippen LogP contribution in [0.2, 0.25) is 5.02 Å².